The number of nitrogens with zero attached hydrogens (tertiary/aromatic N) is 1. The van der Waals surface area contributed by atoms with Crippen LogP contribution in [0.15, 0.2) is 0 Å². The van der Waals surface area contributed by atoms with Crippen molar-refractivity contribution in [2.45, 2.75) is 51.0 Å². The van der Waals surface area contributed by atoms with Crippen LogP contribution in [0.1, 0.15) is 44.9 Å². The lowest BCUT2D eigenvalue weighted by molar-refractivity contribution is -0.138. The fraction of sp³-hybridized carbons (Fsp3) is 0.933. The zero-order chi connectivity index (χ0) is 12.5. The minimum absolute atomic E-state index is 0.381. The maximum absolute atomic E-state index is 12.7. The zero-order valence-electron chi connectivity index (χ0n) is 11.5. The van der Waals surface area contributed by atoms with E-state index < -0.39 is 0 Å². The van der Waals surface area contributed by atoms with Crippen LogP contribution in [0.2, 0.25) is 0 Å². The number of amides is 1. The van der Waals surface area contributed by atoms with Gasteiger partial charge in [-0.2, -0.15) is 0 Å². The monoisotopic (exact) mass is 250 g/mol. The number of hydrogen-bond acceptors (Lipinski definition) is 2. The largest absolute Gasteiger partial charge is 0.342 e. The van der Waals surface area contributed by atoms with Gasteiger partial charge < -0.3 is 10.2 Å². The van der Waals surface area contributed by atoms with E-state index >= 15 is 0 Å². The Labute approximate surface area is 110 Å². The van der Waals surface area contributed by atoms with Gasteiger partial charge in [-0.15, -0.1) is 0 Å². The first-order valence-corrected chi connectivity index (χ1v) is 7.75. The van der Waals surface area contributed by atoms with Crippen LogP contribution < -0.4 is 5.32 Å². The summed E-state index contributed by atoms with van der Waals surface area (Å²) in [6.45, 7) is 2.19. The number of carbonyl (C=O) groups excluding carboxylic acids is 1. The van der Waals surface area contributed by atoms with E-state index in [1.54, 1.807) is 0 Å². The van der Waals surface area contributed by atoms with E-state index in [9.17, 15) is 4.79 Å². The maximum Gasteiger partial charge on any atom is 0.226 e. The average molecular weight is 250 g/mol. The SMILES string of the molecule is CN(C(=O)C(C1CC1)C1CC1)C1CCCNCC1. The zero-order valence-corrected chi connectivity index (χ0v) is 11.5. The lowest BCUT2D eigenvalue weighted by Crippen LogP contribution is -2.42. The summed E-state index contributed by atoms with van der Waals surface area (Å²) >= 11 is 0. The molecule has 3 nitrogen and oxygen atoms in total. The molecule has 102 valence electrons. The van der Waals surface area contributed by atoms with Crippen LogP contribution in [0.3, 0.4) is 0 Å². The van der Waals surface area contributed by atoms with Gasteiger partial charge in [-0.05, 0) is 69.9 Å². The van der Waals surface area contributed by atoms with Gasteiger partial charge in [0.05, 0.1) is 0 Å². The molecule has 3 heteroatoms. The number of rotatable bonds is 4. The summed E-state index contributed by atoms with van der Waals surface area (Å²) in [7, 11) is 2.05. The second kappa shape index (κ2) is 5.20. The Kier molecular flexibility index (Phi) is 3.60. The molecule has 1 saturated heterocycles. The van der Waals surface area contributed by atoms with E-state index in [-0.39, 0.29) is 0 Å². The predicted octanol–water partition coefficient (Wildman–Crippen LogP) is 2.02. The molecule has 0 aromatic carbocycles. The molecule has 1 atom stereocenters. The molecule has 1 N–H and O–H groups in total. The Bertz CT molecular complexity index is 290. The molecule has 18 heavy (non-hydrogen) atoms. The van der Waals surface area contributed by atoms with Crippen molar-refractivity contribution in [2.24, 2.45) is 17.8 Å². The first-order chi connectivity index (χ1) is 8.77. The van der Waals surface area contributed by atoms with Crippen molar-refractivity contribution in [1.82, 2.24) is 10.2 Å². The summed E-state index contributed by atoms with van der Waals surface area (Å²) in [6, 6.07) is 0.479. The molecule has 2 saturated carbocycles. The predicted molar refractivity (Wildman–Crippen MR) is 72.2 cm³/mol. The minimum Gasteiger partial charge on any atom is -0.342 e. The van der Waals surface area contributed by atoms with Crippen molar-refractivity contribution >= 4 is 5.91 Å². The molecule has 0 radical (unpaired) electrons. The highest BCUT2D eigenvalue weighted by Crippen LogP contribution is 2.50. The van der Waals surface area contributed by atoms with Gasteiger partial charge in [0, 0.05) is 19.0 Å². The van der Waals surface area contributed by atoms with E-state index in [0.29, 0.717) is 17.9 Å². The highest BCUT2D eigenvalue weighted by molar-refractivity contribution is 5.80. The van der Waals surface area contributed by atoms with Gasteiger partial charge in [-0.1, -0.05) is 0 Å². The Morgan fingerprint density at radius 1 is 1.06 bits per heavy atom. The first kappa shape index (κ1) is 12.5. The molecular formula is C15H26N2O. The summed E-state index contributed by atoms with van der Waals surface area (Å²) in [5.74, 6) is 2.31. The summed E-state index contributed by atoms with van der Waals surface area (Å²) < 4.78 is 0. The fourth-order valence-corrected chi connectivity index (χ4v) is 3.50. The molecular weight excluding hydrogens is 224 g/mol. The second-order valence-corrected chi connectivity index (χ2v) is 6.48. The van der Waals surface area contributed by atoms with Crippen LogP contribution in [0.4, 0.5) is 0 Å². The molecule has 1 amide bonds. The molecule has 1 aliphatic heterocycles. The van der Waals surface area contributed by atoms with Crippen LogP contribution in [0, 0.1) is 17.8 Å². The quantitative estimate of drug-likeness (QED) is 0.828. The Hall–Kier alpha value is -0.570. The second-order valence-electron chi connectivity index (χ2n) is 6.48. The third-order valence-corrected chi connectivity index (χ3v) is 4.99. The minimum atomic E-state index is 0.381. The van der Waals surface area contributed by atoms with Crippen molar-refractivity contribution in [3.05, 3.63) is 0 Å². The third kappa shape index (κ3) is 2.71. The van der Waals surface area contributed by atoms with Gasteiger partial charge in [0.25, 0.3) is 0 Å². The van der Waals surface area contributed by atoms with Crippen LogP contribution in [0.25, 0.3) is 0 Å². The standard InChI is InChI=1S/C15H26N2O/c1-17(13-3-2-9-16-10-8-13)15(18)14(11-4-5-11)12-6-7-12/h11-14,16H,2-10H2,1H3. The molecule has 0 aromatic rings. The molecule has 1 unspecified atom stereocenters. The van der Waals surface area contributed by atoms with Gasteiger partial charge in [0.1, 0.15) is 0 Å². The van der Waals surface area contributed by atoms with E-state index in [1.165, 1.54) is 38.5 Å². The smallest absolute Gasteiger partial charge is 0.226 e. The van der Waals surface area contributed by atoms with Crippen LogP contribution in [0.5, 0.6) is 0 Å². The van der Waals surface area contributed by atoms with Crippen molar-refractivity contribution < 1.29 is 4.79 Å². The molecule has 0 aromatic heterocycles. The number of carbonyl (C=O) groups is 1. The van der Waals surface area contributed by atoms with Gasteiger partial charge in [-0.3, -0.25) is 4.79 Å². The number of hydrogen-bond donors (Lipinski definition) is 1. The topological polar surface area (TPSA) is 32.3 Å². The van der Waals surface area contributed by atoms with Gasteiger partial charge in [-0.25, -0.2) is 0 Å². The maximum atomic E-state index is 12.7. The number of nitrogens with one attached hydrogen (secondary N) is 1. The summed E-state index contributed by atoms with van der Waals surface area (Å²) in [6.07, 6.45) is 8.71. The lowest BCUT2D eigenvalue weighted by Gasteiger charge is -2.31. The molecule has 3 fully saturated rings. The Balaban J connectivity index is 1.62. The van der Waals surface area contributed by atoms with E-state index in [1.807, 2.05) is 0 Å². The van der Waals surface area contributed by atoms with Crippen molar-refractivity contribution in [3.8, 4) is 0 Å². The normalized spacial score (nSPS) is 29.1. The Morgan fingerprint density at radius 3 is 2.33 bits per heavy atom. The van der Waals surface area contributed by atoms with E-state index in [2.05, 4.69) is 17.3 Å². The molecule has 0 spiro atoms. The Morgan fingerprint density at radius 2 is 1.72 bits per heavy atom. The van der Waals surface area contributed by atoms with Crippen molar-refractivity contribution in [3.63, 3.8) is 0 Å². The average Bonchev–Trinajstić information content (AvgIpc) is 3.21. The first-order valence-electron chi connectivity index (χ1n) is 7.75. The van der Waals surface area contributed by atoms with Crippen molar-refractivity contribution in [2.75, 3.05) is 20.1 Å². The molecule has 2 aliphatic carbocycles. The van der Waals surface area contributed by atoms with Gasteiger partial charge in [0.15, 0.2) is 0 Å². The van der Waals surface area contributed by atoms with E-state index in [0.717, 1.165) is 31.3 Å². The van der Waals surface area contributed by atoms with Gasteiger partial charge >= 0.3 is 0 Å². The van der Waals surface area contributed by atoms with Crippen LogP contribution >= 0.6 is 0 Å². The van der Waals surface area contributed by atoms with E-state index in [4.69, 9.17) is 0 Å². The molecule has 0 bridgehead atoms. The highest BCUT2D eigenvalue weighted by Gasteiger charge is 2.47. The lowest BCUT2D eigenvalue weighted by atomic mass is 9.95. The highest BCUT2D eigenvalue weighted by atomic mass is 16.2. The summed E-state index contributed by atoms with van der Waals surface area (Å²) in [4.78, 5) is 14.8. The van der Waals surface area contributed by atoms with Crippen LogP contribution in [-0.2, 0) is 4.79 Å². The third-order valence-electron chi connectivity index (χ3n) is 4.99. The van der Waals surface area contributed by atoms with Crippen LogP contribution in [-0.4, -0.2) is 37.0 Å². The van der Waals surface area contributed by atoms with Gasteiger partial charge in [0.2, 0.25) is 5.91 Å². The van der Waals surface area contributed by atoms with Crippen molar-refractivity contribution in [1.29, 1.82) is 0 Å². The molecule has 3 rings (SSSR count). The summed E-state index contributed by atoms with van der Waals surface area (Å²) in [5.41, 5.74) is 0. The summed E-state index contributed by atoms with van der Waals surface area (Å²) in [5, 5.41) is 3.43. The molecule has 1 heterocycles. The fourth-order valence-electron chi connectivity index (χ4n) is 3.50. The molecule has 3 aliphatic rings.